The summed E-state index contributed by atoms with van der Waals surface area (Å²) >= 11 is 12.2. The molecule has 0 bridgehead atoms. The van der Waals surface area contributed by atoms with Crippen molar-refractivity contribution in [2.75, 3.05) is 55.8 Å². The number of halogens is 5. The van der Waals surface area contributed by atoms with Gasteiger partial charge in [0.1, 0.15) is 17.9 Å². The van der Waals surface area contributed by atoms with Crippen molar-refractivity contribution in [1.82, 2.24) is 15.1 Å². The normalized spacial score (nSPS) is 20.8. The van der Waals surface area contributed by atoms with Crippen LogP contribution in [-0.2, 0) is 44.6 Å². The Kier molecular flexibility index (Phi) is 13.1. The maximum Gasteiger partial charge on any atom is 0.417 e. The lowest BCUT2D eigenvalue weighted by molar-refractivity contribution is -0.138. The van der Waals surface area contributed by atoms with E-state index in [1.807, 2.05) is 6.07 Å². The summed E-state index contributed by atoms with van der Waals surface area (Å²) in [4.78, 5) is 58.2. The number of anilines is 2. The van der Waals surface area contributed by atoms with Gasteiger partial charge in [-0.25, -0.2) is 0 Å². The van der Waals surface area contributed by atoms with Crippen LogP contribution >= 0.6 is 23.8 Å². The number of benzene rings is 3. The molecule has 3 heterocycles. The van der Waals surface area contributed by atoms with Crippen LogP contribution in [0.25, 0.3) is 0 Å². The molecule has 4 fully saturated rings. The van der Waals surface area contributed by atoms with Crippen molar-refractivity contribution in [3.8, 4) is 11.8 Å². The standard InChI is InChI=1S/C44H45ClF4N6O5S/c1-27-25-52(13-14-53(27)26-36(56)21-29-17-28(19-33(45)20-29)18-31-4-8-39(57)51-40(31)58)15-16-60-38-7-6-35(22-30(38)9-12-46)55-42(61)54(41(59)43(55)10-2-11-43)34-5-3-32(24-50)37(23-34)44(47,48)49/h3,5-7,17,19-20,22-23,27,31H,2,4,8-16,18,21,25-26H2,1H3,(H,51,57,58)/t27-,31?/m1/s1. The number of hydrogen-bond acceptors (Lipinski definition) is 9. The smallest absolute Gasteiger partial charge is 0.417 e. The zero-order chi connectivity index (χ0) is 43.6. The number of hydrogen-bond donors (Lipinski definition) is 1. The fraction of sp³-hybridized carbons (Fsp3) is 0.455. The number of thiocarbonyl (C=S) groups is 1. The highest BCUT2D eigenvalue weighted by molar-refractivity contribution is 7.81. The third kappa shape index (κ3) is 9.45. The van der Waals surface area contributed by atoms with Crippen LogP contribution in [0.1, 0.15) is 66.8 Å². The van der Waals surface area contributed by atoms with Crippen molar-refractivity contribution >= 4 is 63.8 Å². The van der Waals surface area contributed by atoms with E-state index < -0.39 is 35.4 Å². The first-order valence-electron chi connectivity index (χ1n) is 20.3. The second-order valence-corrected chi connectivity index (χ2v) is 17.0. The molecule has 1 spiro atoms. The van der Waals surface area contributed by atoms with Crippen molar-refractivity contribution in [3.63, 3.8) is 0 Å². The number of carbonyl (C=O) groups excluding carboxylic acids is 4. The minimum Gasteiger partial charge on any atom is -0.492 e. The predicted octanol–water partition coefficient (Wildman–Crippen LogP) is 6.60. The molecule has 3 amide bonds. The zero-order valence-electron chi connectivity index (χ0n) is 33.5. The largest absolute Gasteiger partial charge is 0.492 e. The first-order valence-corrected chi connectivity index (χ1v) is 21.1. The molecule has 0 aromatic heterocycles. The molecular formula is C44H45ClF4N6O5S. The van der Waals surface area contributed by atoms with Gasteiger partial charge >= 0.3 is 6.18 Å². The van der Waals surface area contributed by atoms with E-state index in [1.165, 1.54) is 6.07 Å². The van der Waals surface area contributed by atoms with Gasteiger partial charge in [-0.3, -0.25) is 43.6 Å². The van der Waals surface area contributed by atoms with Gasteiger partial charge in [0.15, 0.2) is 10.9 Å². The number of alkyl halides is 4. The van der Waals surface area contributed by atoms with Crippen molar-refractivity contribution in [3.05, 3.63) is 87.4 Å². The van der Waals surface area contributed by atoms with Crippen molar-refractivity contribution in [2.24, 2.45) is 5.92 Å². The molecule has 17 heteroatoms. The van der Waals surface area contributed by atoms with Gasteiger partial charge in [-0.05, 0) is 116 Å². The summed E-state index contributed by atoms with van der Waals surface area (Å²) in [6.45, 7) is 4.61. The minimum absolute atomic E-state index is 0.00186. The van der Waals surface area contributed by atoms with Crippen LogP contribution in [0.3, 0.4) is 0 Å². The van der Waals surface area contributed by atoms with Crippen LogP contribution in [-0.4, -0.2) is 96.0 Å². The first-order chi connectivity index (χ1) is 29.1. The number of nitrogens with one attached hydrogen (secondary N) is 1. The summed E-state index contributed by atoms with van der Waals surface area (Å²) in [5, 5.41) is 12.1. The van der Waals surface area contributed by atoms with E-state index in [9.17, 15) is 42.0 Å². The van der Waals surface area contributed by atoms with Crippen LogP contribution in [0.2, 0.25) is 5.02 Å². The van der Waals surface area contributed by atoms with Crippen LogP contribution in [0.15, 0.2) is 54.6 Å². The number of piperazine rings is 1. The highest BCUT2D eigenvalue weighted by Gasteiger charge is 2.59. The van der Waals surface area contributed by atoms with Gasteiger partial charge in [-0.15, -0.1) is 0 Å². The third-order valence-electron chi connectivity index (χ3n) is 12.1. The topological polar surface area (TPSA) is 126 Å². The second-order valence-electron chi connectivity index (χ2n) is 16.2. The van der Waals surface area contributed by atoms with Crippen molar-refractivity contribution in [2.45, 2.75) is 76.0 Å². The minimum atomic E-state index is -4.82. The zero-order valence-corrected chi connectivity index (χ0v) is 35.1. The lowest BCUT2D eigenvalue weighted by Gasteiger charge is -2.43. The van der Waals surface area contributed by atoms with Gasteiger partial charge < -0.3 is 9.64 Å². The quantitative estimate of drug-likeness (QED) is 0.108. The third-order valence-corrected chi connectivity index (χ3v) is 12.7. The van der Waals surface area contributed by atoms with Gasteiger partial charge in [0, 0.05) is 68.1 Å². The first kappa shape index (κ1) is 44.1. The maximum atomic E-state index is 14.0. The highest BCUT2D eigenvalue weighted by Crippen LogP contribution is 2.49. The molecule has 1 saturated carbocycles. The molecule has 1 N–H and O–H groups in total. The van der Waals surface area contributed by atoms with Crippen LogP contribution in [0.5, 0.6) is 5.75 Å². The molecule has 3 aromatic carbocycles. The number of ether oxygens (including phenoxy) is 1. The van der Waals surface area contributed by atoms with Crippen LogP contribution in [0.4, 0.5) is 28.9 Å². The number of amides is 3. The second kappa shape index (κ2) is 18.2. The van der Waals surface area contributed by atoms with Crippen LogP contribution < -0.4 is 19.9 Å². The van der Waals surface area contributed by atoms with Crippen LogP contribution in [0, 0.1) is 17.2 Å². The van der Waals surface area contributed by atoms with E-state index in [1.54, 1.807) is 41.3 Å². The Morgan fingerprint density at radius 3 is 2.48 bits per heavy atom. The Balaban J connectivity index is 0.944. The molecule has 7 rings (SSSR count). The number of imide groups is 1. The Morgan fingerprint density at radius 2 is 1.80 bits per heavy atom. The monoisotopic (exact) mass is 880 g/mol. The Hall–Kier alpha value is -4.95. The highest BCUT2D eigenvalue weighted by atomic mass is 35.5. The Bertz CT molecular complexity index is 2280. The molecule has 322 valence electrons. The Labute approximate surface area is 361 Å². The van der Waals surface area contributed by atoms with Gasteiger partial charge in [-0.1, -0.05) is 17.7 Å². The summed E-state index contributed by atoms with van der Waals surface area (Å²) in [5.41, 5.74) is -0.227. The summed E-state index contributed by atoms with van der Waals surface area (Å²) in [6, 6.07) is 15.3. The SMILES string of the molecule is C[C@@H]1CN(CCOc2ccc(N3C(=S)N(c4ccc(C#N)c(C(F)(F)F)c4)C(=O)C34CCC4)cc2CCF)CCN1CC(=O)Cc1cc(Cl)cc(CC2CCC(=O)NC2=O)c1. The van der Waals surface area contributed by atoms with E-state index in [0.717, 1.165) is 28.2 Å². The van der Waals surface area contributed by atoms with E-state index in [4.69, 9.17) is 28.6 Å². The fourth-order valence-corrected chi connectivity index (χ4v) is 9.56. The number of Topliss-reactive ketones (excluding diaryl/α,β-unsaturated/α-hetero) is 1. The van der Waals surface area contributed by atoms with Gasteiger partial charge in [0.05, 0.1) is 36.1 Å². The molecule has 1 unspecified atom stereocenters. The van der Waals surface area contributed by atoms with Gasteiger partial charge in [0.2, 0.25) is 11.8 Å². The average molecular weight is 881 g/mol. The summed E-state index contributed by atoms with van der Waals surface area (Å²) in [5.74, 6) is -0.820. The van der Waals surface area contributed by atoms with E-state index in [0.29, 0.717) is 93.3 Å². The number of aryl methyl sites for hydroxylation is 1. The molecule has 3 aliphatic heterocycles. The lowest BCUT2D eigenvalue weighted by Crippen LogP contribution is -2.55. The van der Waals surface area contributed by atoms with E-state index in [-0.39, 0.29) is 59.7 Å². The summed E-state index contributed by atoms with van der Waals surface area (Å²) in [6.07, 6.45) is -1.83. The molecule has 1 aliphatic carbocycles. The molecule has 3 aromatic rings. The molecule has 2 atom stereocenters. The van der Waals surface area contributed by atoms with Crippen molar-refractivity contribution in [1.29, 1.82) is 5.26 Å². The fourth-order valence-electron chi connectivity index (χ4n) is 8.81. The molecular weight excluding hydrogens is 836 g/mol. The number of nitriles is 1. The summed E-state index contributed by atoms with van der Waals surface area (Å²) in [7, 11) is 0. The Morgan fingerprint density at radius 1 is 1.05 bits per heavy atom. The number of rotatable bonds is 14. The number of ketones is 1. The molecule has 11 nitrogen and oxygen atoms in total. The van der Waals surface area contributed by atoms with Crippen molar-refractivity contribution < 1.29 is 41.5 Å². The molecule has 0 radical (unpaired) electrons. The number of carbonyl (C=O) groups is 4. The van der Waals surface area contributed by atoms with Gasteiger partial charge in [0.25, 0.3) is 5.91 Å². The van der Waals surface area contributed by atoms with E-state index in [2.05, 4.69) is 22.0 Å². The maximum absolute atomic E-state index is 14.0. The lowest BCUT2D eigenvalue weighted by atomic mass is 9.75. The summed E-state index contributed by atoms with van der Waals surface area (Å²) < 4.78 is 61.7. The predicted molar refractivity (Wildman–Crippen MR) is 224 cm³/mol. The molecule has 61 heavy (non-hydrogen) atoms. The van der Waals surface area contributed by atoms with Gasteiger partial charge in [-0.2, -0.15) is 18.4 Å². The average Bonchev–Trinajstić information content (AvgIpc) is 3.43. The number of piperidine rings is 1. The van der Waals surface area contributed by atoms with E-state index >= 15 is 0 Å². The molecule has 3 saturated heterocycles. The molecule has 4 aliphatic rings. The number of nitrogens with zero attached hydrogens (tertiary/aromatic N) is 5.